The number of fused-ring (bicyclic) bond motifs is 5. The fourth-order valence-corrected chi connectivity index (χ4v) is 4.96. The molecule has 0 aliphatic heterocycles. The van der Waals surface area contributed by atoms with E-state index in [9.17, 15) is 5.48 Å². The Labute approximate surface area is 250 Å². The summed E-state index contributed by atoms with van der Waals surface area (Å²) in [4.78, 5) is 0. The third kappa shape index (κ3) is 3.48. The van der Waals surface area contributed by atoms with E-state index in [1.807, 2.05) is 12.1 Å². The zero-order valence-corrected chi connectivity index (χ0v) is 19.9. The van der Waals surface area contributed by atoms with Gasteiger partial charge in [-0.3, -0.25) is 0 Å². The van der Waals surface area contributed by atoms with Crippen LogP contribution in [0.1, 0.15) is 23.3 Å². The maximum Gasteiger partial charge on any atom is 0.136 e. The van der Waals surface area contributed by atoms with Gasteiger partial charge in [-0.2, -0.15) is 0 Å². The van der Waals surface area contributed by atoms with E-state index in [2.05, 4.69) is 0 Å². The van der Waals surface area contributed by atoms with Gasteiger partial charge < -0.3 is 4.42 Å². The molecular weight excluding hydrogens is 472 g/mol. The number of furan rings is 1. The molecule has 0 N–H and O–H groups in total. The summed E-state index contributed by atoms with van der Waals surface area (Å²) in [5.74, 6) is 0. The number of hydrogen-bond donors (Lipinski definition) is 0. The molecule has 0 aliphatic carbocycles. The van der Waals surface area contributed by atoms with Gasteiger partial charge in [-0.15, -0.1) is 0 Å². The Morgan fingerprint density at radius 1 is 0.385 bits per heavy atom. The van der Waals surface area contributed by atoms with Crippen molar-refractivity contribution in [1.82, 2.24) is 0 Å². The number of hydrogen-bond acceptors (Lipinski definition) is 1. The van der Waals surface area contributed by atoms with Gasteiger partial charge in [-0.1, -0.05) is 127 Å². The van der Waals surface area contributed by atoms with E-state index < -0.39 is 147 Å². The highest BCUT2D eigenvalue weighted by molar-refractivity contribution is 6.21. The maximum absolute atomic E-state index is 9.34. The van der Waals surface area contributed by atoms with E-state index >= 15 is 0 Å². The average molecular weight is 514 g/mol. The first-order chi connectivity index (χ1) is 26.4. The predicted molar refractivity (Wildman–Crippen MR) is 165 cm³/mol. The Kier molecular flexibility index (Phi) is 2.44. The highest BCUT2D eigenvalue weighted by Crippen LogP contribution is 2.43. The molecule has 0 amide bonds. The molecule has 0 spiro atoms. The molecule has 0 aliphatic rings. The van der Waals surface area contributed by atoms with Gasteiger partial charge in [0.25, 0.3) is 0 Å². The summed E-state index contributed by atoms with van der Waals surface area (Å²) in [6, 6.07) is -0.871. The molecule has 1 aromatic heterocycles. The standard InChI is InChI=1S/C38H24O/c1-2-10-26(11-3-1)37-31-13-4-6-15-33(31)38(34-16-7-5-14-32(34)37)27-20-18-25(19-21-27)28-22-23-30-29-12-8-9-17-35(29)39-36(30)24-28/h1-24H/i1D,2D,3D,4D,5D,6D,7D,10D,11D,13D,14D,15D,16D,18D,19D,20D,21D. The molecule has 7 aromatic carbocycles. The Morgan fingerprint density at radius 2 is 0.897 bits per heavy atom. The zero-order valence-electron chi connectivity index (χ0n) is 36.9. The van der Waals surface area contributed by atoms with Crippen LogP contribution in [0, 0.1) is 0 Å². The van der Waals surface area contributed by atoms with E-state index in [1.54, 1.807) is 30.3 Å². The van der Waals surface area contributed by atoms with Crippen molar-refractivity contribution in [3.8, 4) is 33.4 Å². The largest absolute Gasteiger partial charge is 0.456 e. The van der Waals surface area contributed by atoms with Crippen LogP contribution in [0.4, 0.5) is 0 Å². The van der Waals surface area contributed by atoms with Gasteiger partial charge in [-0.05, 0) is 73.1 Å². The van der Waals surface area contributed by atoms with Gasteiger partial charge in [0.1, 0.15) is 11.2 Å². The van der Waals surface area contributed by atoms with Gasteiger partial charge in [0.2, 0.25) is 0 Å². The van der Waals surface area contributed by atoms with Crippen molar-refractivity contribution < 1.29 is 27.7 Å². The normalized spacial score (nSPS) is 17.7. The number of benzene rings is 7. The van der Waals surface area contributed by atoms with Crippen LogP contribution in [-0.4, -0.2) is 0 Å². The van der Waals surface area contributed by atoms with E-state index in [0.29, 0.717) is 11.2 Å². The Bertz CT molecular complexity index is 2970. The summed E-state index contributed by atoms with van der Waals surface area (Å²) < 4.78 is 157. The summed E-state index contributed by atoms with van der Waals surface area (Å²) in [6.07, 6.45) is 0. The molecule has 1 heteroatoms. The summed E-state index contributed by atoms with van der Waals surface area (Å²) in [7, 11) is 0. The van der Waals surface area contributed by atoms with Crippen LogP contribution in [0.2, 0.25) is 0 Å². The first-order valence-corrected chi connectivity index (χ1v) is 12.0. The summed E-state index contributed by atoms with van der Waals surface area (Å²) >= 11 is 0. The second-order valence-electron chi connectivity index (χ2n) is 8.81. The van der Waals surface area contributed by atoms with Crippen molar-refractivity contribution in [2.24, 2.45) is 0 Å². The van der Waals surface area contributed by atoms with E-state index in [4.69, 9.17) is 22.2 Å². The molecule has 0 bridgehead atoms. The first-order valence-electron chi connectivity index (χ1n) is 20.5. The van der Waals surface area contributed by atoms with Crippen LogP contribution < -0.4 is 0 Å². The minimum absolute atomic E-state index is 0.140. The van der Waals surface area contributed by atoms with Crippen molar-refractivity contribution in [3.63, 3.8) is 0 Å². The van der Waals surface area contributed by atoms with Crippen LogP contribution in [0.25, 0.3) is 76.9 Å². The van der Waals surface area contributed by atoms with Crippen LogP contribution in [0.5, 0.6) is 0 Å². The fraction of sp³-hybridized carbons (Fsp3) is 0. The molecule has 0 atom stereocenters. The molecule has 1 nitrogen and oxygen atoms in total. The second-order valence-corrected chi connectivity index (χ2v) is 8.81. The lowest BCUT2D eigenvalue weighted by atomic mass is 9.86. The molecule has 0 radical (unpaired) electrons. The van der Waals surface area contributed by atoms with E-state index in [1.165, 1.54) is 0 Å². The van der Waals surface area contributed by atoms with Crippen LogP contribution in [0.15, 0.2) is 150 Å². The van der Waals surface area contributed by atoms with Crippen molar-refractivity contribution in [2.75, 3.05) is 0 Å². The molecular formula is C38H24O. The molecule has 0 saturated carbocycles. The summed E-state index contributed by atoms with van der Waals surface area (Å²) in [6.45, 7) is 0. The summed E-state index contributed by atoms with van der Waals surface area (Å²) in [5, 5.41) is -0.475. The minimum atomic E-state index is -0.821. The Balaban J connectivity index is 1.60. The van der Waals surface area contributed by atoms with Crippen molar-refractivity contribution in [1.29, 1.82) is 0 Å². The van der Waals surface area contributed by atoms with Crippen LogP contribution in [-0.2, 0) is 0 Å². The summed E-state index contributed by atoms with van der Waals surface area (Å²) in [5.41, 5.74) is -1.03. The first kappa shape index (κ1) is 10.9. The fourth-order valence-electron chi connectivity index (χ4n) is 4.96. The third-order valence-corrected chi connectivity index (χ3v) is 6.67. The molecule has 8 rings (SSSR count). The molecule has 0 saturated heterocycles. The van der Waals surface area contributed by atoms with Crippen LogP contribution in [0.3, 0.4) is 0 Å². The maximum atomic E-state index is 9.34. The van der Waals surface area contributed by atoms with Gasteiger partial charge in [0.05, 0.1) is 23.3 Å². The average Bonchev–Trinajstić information content (AvgIpc) is 3.56. The second kappa shape index (κ2) is 8.72. The Hall–Kier alpha value is -5.14. The lowest BCUT2D eigenvalue weighted by Gasteiger charge is -2.18. The van der Waals surface area contributed by atoms with Crippen molar-refractivity contribution in [2.45, 2.75) is 0 Å². The van der Waals surface area contributed by atoms with Gasteiger partial charge in [0.15, 0.2) is 0 Å². The van der Waals surface area contributed by atoms with Gasteiger partial charge in [0, 0.05) is 10.8 Å². The van der Waals surface area contributed by atoms with E-state index in [0.717, 1.165) is 10.8 Å². The topological polar surface area (TPSA) is 13.1 Å². The van der Waals surface area contributed by atoms with Gasteiger partial charge >= 0.3 is 0 Å². The van der Waals surface area contributed by atoms with Crippen molar-refractivity contribution in [3.05, 3.63) is 145 Å². The van der Waals surface area contributed by atoms with Crippen LogP contribution >= 0.6 is 0 Å². The highest BCUT2D eigenvalue weighted by Gasteiger charge is 2.16. The highest BCUT2D eigenvalue weighted by atomic mass is 16.3. The lowest BCUT2D eigenvalue weighted by Crippen LogP contribution is -1.90. The molecule has 0 unspecified atom stereocenters. The molecule has 8 aromatic rings. The van der Waals surface area contributed by atoms with Gasteiger partial charge in [-0.25, -0.2) is 0 Å². The number of rotatable bonds is 3. The molecule has 39 heavy (non-hydrogen) atoms. The molecule has 1 heterocycles. The van der Waals surface area contributed by atoms with Crippen molar-refractivity contribution >= 4 is 43.5 Å². The smallest absolute Gasteiger partial charge is 0.136 e. The minimum Gasteiger partial charge on any atom is -0.456 e. The lowest BCUT2D eigenvalue weighted by molar-refractivity contribution is 0.669. The monoisotopic (exact) mass is 513 g/mol. The van der Waals surface area contributed by atoms with E-state index in [-0.39, 0.29) is 11.1 Å². The quantitative estimate of drug-likeness (QED) is 0.214. The number of para-hydroxylation sites is 1. The Morgan fingerprint density at radius 3 is 1.54 bits per heavy atom. The molecule has 182 valence electrons. The predicted octanol–water partition coefficient (Wildman–Crippen LogP) is 10.9. The third-order valence-electron chi connectivity index (χ3n) is 6.67. The SMILES string of the molecule is [2H]c1c([2H])c([2H])c(-c2c3c([2H])c([2H])c([2H])c([2H])c3c(-c3c([2H])c([2H])c(-c4ccc5c(c4)oc4ccccc45)c([2H])c3[2H])c3c([2H])c([2H])c([2H])c([2H])c23)c([2H])c1[2H]. The molecule has 0 fully saturated rings. The zero-order chi connectivity index (χ0) is 40.6.